The van der Waals surface area contributed by atoms with Crippen molar-refractivity contribution in [3.63, 3.8) is 0 Å². The first kappa shape index (κ1) is 18.3. The van der Waals surface area contributed by atoms with E-state index in [1.54, 1.807) is 6.92 Å². The molecule has 0 aliphatic rings. The molecule has 2 aromatic carbocycles. The van der Waals surface area contributed by atoms with Crippen molar-refractivity contribution in [3.05, 3.63) is 63.6 Å². The fourth-order valence-electron chi connectivity index (χ4n) is 2.22. The van der Waals surface area contributed by atoms with Crippen LogP contribution >= 0.6 is 23.2 Å². The summed E-state index contributed by atoms with van der Waals surface area (Å²) in [5.41, 5.74) is 1.94. The van der Waals surface area contributed by atoms with Crippen LogP contribution in [-0.2, 0) is 16.4 Å². The van der Waals surface area contributed by atoms with Crippen LogP contribution in [0.15, 0.2) is 47.4 Å². The van der Waals surface area contributed by atoms with Gasteiger partial charge in [-0.2, -0.15) is 0 Å². The lowest BCUT2D eigenvalue weighted by Crippen LogP contribution is -2.25. The van der Waals surface area contributed by atoms with E-state index in [0.717, 1.165) is 19.3 Å². The SMILES string of the molecule is Cc1cc(S(=O)(=O)NCCCCc2ccccc2)c(Cl)cc1Cl. The fourth-order valence-corrected chi connectivity index (χ4v) is 4.12. The normalized spacial score (nSPS) is 11.6. The third-order valence-corrected chi connectivity index (χ3v) is 5.86. The van der Waals surface area contributed by atoms with Crippen molar-refractivity contribution >= 4 is 33.2 Å². The molecule has 3 nitrogen and oxygen atoms in total. The maximum atomic E-state index is 12.3. The summed E-state index contributed by atoms with van der Waals surface area (Å²) < 4.78 is 27.2. The van der Waals surface area contributed by atoms with Crippen LogP contribution in [0, 0.1) is 6.92 Å². The van der Waals surface area contributed by atoms with Gasteiger partial charge in [-0.05, 0) is 49.4 Å². The molecule has 0 atom stereocenters. The van der Waals surface area contributed by atoms with Gasteiger partial charge in [0, 0.05) is 11.6 Å². The van der Waals surface area contributed by atoms with Gasteiger partial charge in [0.2, 0.25) is 10.0 Å². The zero-order chi connectivity index (χ0) is 16.9. The van der Waals surface area contributed by atoms with E-state index in [1.165, 1.54) is 17.7 Å². The lowest BCUT2D eigenvalue weighted by atomic mass is 10.1. The van der Waals surface area contributed by atoms with Crippen molar-refractivity contribution in [1.82, 2.24) is 4.72 Å². The smallest absolute Gasteiger partial charge is 0.211 e. The molecule has 124 valence electrons. The van der Waals surface area contributed by atoms with Crippen LogP contribution in [0.5, 0.6) is 0 Å². The van der Waals surface area contributed by atoms with Gasteiger partial charge in [0.15, 0.2) is 0 Å². The summed E-state index contributed by atoms with van der Waals surface area (Å²) in [6.45, 7) is 2.13. The summed E-state index contributed by atoms with van der Waals surface area (Å²) in [7, 11) is -3.62. The molecule has 2 aromatic rings. The Labute approximate surface area is 147 Å². The zero-order valence-corrected chi connectivity index (χ0v) is 15.2. The van der Waals surface area contributed by atoms with E-state index in [9.17, 15) is 8.42 Å². The molecule has 23 heavy (non-hydrogen) atoms. The van der Waals surface area contributed by atoms with Crippen LogP contribution in [-0.4, -0.2) is 15.0 Å². The van der Waals surface area contributed by atoms with Crippen molar-refractivity contribution in [1.29, 1.82) is 0 Å². The van der Waals surface area contributed by atoms with Crippen molar-refractivity contribution in [2.75, 3.05) is 6.54 Å². The maximum absolute atomic E-state index is 12.3. The minimum atomic E-state index is -3.62. The summed E-state index contributed by atoms with van der Waals surface area (Å²) in [4.78, 5) is 0.0733. The largest absolute Gasteiger partial charge is 0.242 e. The van der Waals surface area contributed by atoms with Gasteiger partial charge in [0.05, 0.1) is 5.02 Å². The monoisotopic (exact) mass is 371 g/mol. The van der Waals surface area contributed by atoms with E-state index < -0.39 is 10.0 Å². The molecule has 0 heterocycles. The predicted octanol–water partition coefficient (Wildman–Crippen LogP) is 4.60. The number of benzene rings is 2. The van der Waals surface area contributed by atoms with Gasteiger partial charge in [-0.25, -0.2) is 13.1 Å². The van der Waals surface area contributed by atoms with Crippen molar-refractivity contribution < 1.29 is 8.42 Å². The van der Waals surface area contributed by atoms with Crippen LogP contribution in [0.1, 0.15) is 24.0 Å². The van der Waals surface area contributed by atoms with Gasteiger partial charge < -0.3 is 0 Å². The molecule has 0 amide bonds. The second-order valence-corrected chi connectivity index (χ2v) is 7.92. The van der Waals surface area contributed by atoms with Gasteiger partial charge in [-0.1, -0.05) is 53.5 Å². The lowest BCUT2D eigenvalue weighted by molar-refractivity contribution is 0.576. The molecule has 0 saturated carbocycles. The first-order valence-corrected chi connectivity index (χ1v) is 9.63. The molecule has 0 aliphatic carbocycles. The molecule has 0 spiro atoms. The maximum Gasteiger partial charge on any atom is 0.242 e. The van der Waals surface area contributed by atoms with Gasteiger partial charge in [0.25, 0.3) is 0 Å². The molecular weight excluding hydrogens is 353 g/mol. The Bertz CT molecular complexity index is 762. The van der Waals surface area contributed by atoms with Crippen LogP contribution in [0.4, 0.5) is 0 Å². The highest BCUT2D eigenvalue weighted by Gasteiger charge is 2.18. The average molecular weight is 372 g/mol. The molecule has 0 saturated heterocycles. The number of nitrogens with one attached hydrogen (secondary N) is 1. The number of unbranched alkanes of at least 4 members (excludes halogenated alkanes) is 1. The molecule has 0 bridgehead atoms. The van der Waals surface area contributed by atoms with Crippen LogP contribution in [0.2, 0.25) is 10.0 Å². The highest BCUT2D eigenvalue weighted by atomic mass is 35.5. The average Bonchev–Trinajstić information content (AvgIpc) is 2.51. The van der Waals surface area contributed by atoms with Crippen molar-refractivity contribution in [2.45, 2.75) is 31.1 Å². The van der Waals surface area contributed by atoms with E-state index in [-0.39, 0.29) is 9.92 Å². The Balaban J connectivity index is 1.88. The Morgan fingerprint density at radius 3 is 2.39 bits per heavy atom. The van der Waals surface area contributed by atoms with Gasteiger partial charge >= 0.3 is 0 Å². The summed E-state index contributed by atoms with van der Waals surface area (Å²) in [6.07, 6.45) is 2.61. The highest BCUT2D eigenvalue weighted by Crippen LogP contribution is 2.28. The molecule has 0 radical (unpaired) electrons. The molecule has 0 aliphatic heterocycles. The summed E-state index contributed by atoms with van der Waals surface area (Å²) in [6, 6.07) is 13.1. The zero-order valence-electron chi connectivity index (χ0n) is 12.9. The number of halogens is 2. The second-order valence-electron chi connectivity index (χ2n) is 5.37. The molecule has 6 heteroatoms. The topological polar surface area (TPSA) is 46.2 Å². The molecule has 0 aromatic heterocycles. The van der Waals surface area contributed by atoms with Crippen molar-refractivity contribution in [2.24, 2.45) is 0 Å². The number of rotatable bonds is 7. The summed E-state index contributed by atoms with van der Waals surface area (Å²) in [5, 5.41) is 0.592. The van der Waals surface area contributed by atoms with E-state index in [4.69, 9.17) is 23.2 Å². The predicted molar refractivity (Wildman–Crippen MR) is 95.8 cm³/mol. The van der Waals surface area contributed by atoms with Gasteiger partial charge in [-0.3, -0.25) is 0 Å². The Kier molecular flexibility index (Phi) is 6.48. The molecular formula is C17H19Cl2NO2S. The van der Waals surface area contributed by atoms with Crippen LogP contribution in [0.25, 0.3) is 0 Å². The lowest BCUT2D eigenvalue weighted by Gasteiger charge is -2.10. The molecule has 1 N–H and O–H groups in total. The number of sulfonamides is 1. The van der Waals surface area contributed by atoms with E-state index in [0.29, 0.717) is 17.1 Å². The first-order chi connectivity index (χ1) is 10.9. The second kappa shape index (κ2) is 8.15. The number of hydrogen-bond acceptors (Lipinski definition) is 2. The fraction of sp³-hybridized carbons (Fsp3) is 0.294. The summed E-state index contributed by atoms with van der Waals surface area (Å²) in [5.74, 6) is 0. The van der Waals surface area contributed by atoms with E-state index in [1.807, 2.05) is 18.2 Å². The minimum Gasteiger partial charge on any atom is -0.211 e. The molecule has 2 rings (SSSR count). The van der Waals surface area contributed by atoms with Gasteiger partial charge in [0.1, 0.15) is 4.90 Å². The first-order valence-electron chi connectivity index (χ1n) is 7.39. The Morgan fingerprint density at radius 2 is 1.70 bits per heavy atom. The van der Waals surface area contributed by atoms with Gasteiger partial charge in [-0.15, -0.1) is 0 Å². The number of aryl methyl sites for hydroxylation is 2. The summed E-state index contributed by atoms with van der Waals surface area (Å²) >= 11 is 11.9. The van der Waals surface area contributed by atoms with Crippen molar-refractivity contribution in [3.8, 4) is 0 Å². The van der Waals surface area contributed by atoms with Crippen LogP contribution in [0.3, 0.4) is 0 Å². The van der Waals surface area contributed by atoms with E-state index >= 15 is 0 Å². The third-order valence-electron chi connectivity index (χ3n) is 3.53. The molecule has 0 unspecified atom stereocenters. The Morgan fingerprint density at radius 1 is 1.00 bits per heavy atom. The standard InChI is InChI=1S/C17H19Cl2NO2S/c1-13-11-17(16(19)12-15(13)18)23(21,22)20-10-6-5-9-14-7-3-2-4-8-14/h2-4,7-8,11-12,20H,5-6,9-10H2,1H3. The number of hydrogen-bond donors (Lipinski definition) is 1. The highest BCUT2D eigenvalue weighted by molar-refractivity contribution is 7.89. The third kappa shape index (κ3) is 5.21. The van der Waals surface area contributed by atoms with Crippen LogP contribution < -0.4 is 4.72 Å². The Hall–Kier alpha value is -1.07. The van der Waals surface area contributed by atoms with E-state index in [2.05, 4.69) is 16.9 Å². The minimum absolute atomic E-state index is 0.0733. The molecule has 0 fully saturated rings. The quantitative estimate of drug-likeness (QED) is 0.722.